The molecular weight excluding hydrogens is 218 g/mol. The van der Waals surface area contributed by atoms with E-state index in [4.69, 9.17) is 11.6 Å². The third-order valence-corrected chi connectivity index (χ3v) is 3.24. The van der Waals surface area contributed by atoms with Crippen LogP contribution in [0.2, 0.25) is 5.02 Å². The van der Waals surface area contributed by atoms with Crippen LogP contribution >= 0.6 is 22.9 Å². The van der Waals surface area contributed by atoms with Crippen LogP contribution in [0.25, 0.3) is 10.7 Å². The van der Waals surface area contributed by atoms with E-state index in [9.17, 15) is 0 Å². The smallest absolute Gasteiger partial charge is 0.175 e. The van der Waals surface area contributed by atoms with Crippen LogP contribution in [0.15, 0.2) is 17.8 Å². The van der Waals surface area contributed by atoms with E-state index in [2.05, 4.69) is 17.1 Å². The molecule has 2 heterocycles. The Morgan fingerprint density at radius 3 is 3.07 bits per heavy atom. The van der Waals surface area contributed by atoms with Gasteiger partial charge in [-0.15, -0.1) is 21.5 Å². The quantitative estimate of drug-likeness (QED) is 0.807. The summed E-state index contributed by atoms with van der Waals surface area (Å²) < 4.78 is 2.03. The van der Waals surface area contributed by atoms with Crippen LogP contribution in [-0.2, 0) is 6.54 Å². The summed E-state index contributed by atoms with van der Waals surface area (Å²) in [7, 11) is 0. The van der Waals surface area contributed by atoms with Gasteiger partial charge in [0.2, 0.25) is 0 Å². The standard InChI is InChI=1S/C9H10ClN3S/c1-2-4-13-6-11-12-9(13)8-7(10)3-5-14-8/h3,5-6H,2,4H2,1H3. The lowest BCUT2D eigenvalue weighted by molar-refractivity contribution is 0.683. The maximum atomic E-state index is 6.03. The molecule has 0 aromatic carbocycles. The van der Waals surface area contributed by atoms with E-state index in [0.717, 1.165) is 28.7 Å². The van der Waals surface area contributed by atoms with Gasteiger partial charge in [-0.25, -0.2) is 0 Å². The molecule has 2 aromatic rings. The van der Waals surface area contributed by atoms with E-state index in [0.29, 0.717) is 0 Å². The molecule has 5 heteroatoms. The lowest BCUT2D eigenvalue weighted by atomic mass is 10.4. The first-order chi connectivity index (χ1) is 6.83. The molecule has 0 aliphatic carbocycles. The minimum atomic E-state index is 0.750. The number of aryl methyl sites for hydroxylation is 1. The van der Waals surface area contributed by atoms with Gasteiger partial charge < -0.3 is 4.57 Å². The highest BCUT2D eigenvalue weighted by Gasteiger charge is 2.11. The molecule has 14 heavy (non-hydrogen) atoms. The van der Waals surface area contributed by atoms with E-state index in [-0.39, 0.29) is 0 Å². The lowest BCUT2D eigenvalue weighted by Crippen LogP contribution is -1.97. The van der Waals surface area contributed by atoms with E-state index < -0.39 is 0 Å². The third-order valence-electron chi connectivity index (χ3n) is 1.90. The van der Waals surface area contributed by atoms with Gasteiger partial charge in [-0.05, 0) is 17.9 Å². The Morgan fingerprint density at radius 2 is 2.43 bits per heavy atom. The lowest BCUT2D eigenvalue weighted by Gasteiger charge is -2.02. The first kappa shape index (κ1) is 9.68. The van der Waals surface area contributed by atoms with Crippen molar-refractivity contribution in [3.8, 4) is 10.7 Å². The number of hydrogen-bond donors (Lipinski definition) is 0. The molecule has 0 atom stereocenters. The molecule has 0 aliphatic rings. The van der Waals surface area contributed by atoms with Crippen LogP contribution in [0.4, 0.5) is 0 Å². The zero-order chi connectivity index (χ0) is 9.97. The summed E-state index contributed by atoms with van der Waals surface area (Å²) in [5.74, 6) is 0.867. The van der Waals surface area contributed by atoms with E-state index in [1.807, 2.05) is 16.0 Å². The summed E-state index contributed by atoms with van der Waals surface area (Å²) in [4.78, 5) is 0.998. The summed E-state index contributed by atoms with van der Waals surface area (Å²) >= 11 is 7.62. The molecule has 0 unspecified atom stereocenters. The van der Waals surface area contributed by atoms with Gasteiger partial charge in [-0.2, -0.15) is 0 Å². The first-order valence-corrected chi connectivity index (χ1v) is 5.70. The second kappa shape index (κ2) is 4.11. The van der Waals surface area contributed by atoms with E-state index >= 15 is 0 Å². The second-order valence-electron chi connectivity index (χ2n) is 2.95. The predicted molar refractivity (Wildman–Crippen MR) is 58.6 cm³/mol. The van der Waals surface area contributed by atoms with Crippen molar-refractivity contribution in [3.63, 3.8) is 0 Å². The topological polar surface area (TPSA) is 30.7 Å². The van der Waals surface area contributed by atoms with Gasteiger partial charge >= 0.3 is 0 Å². The molecule has 74 valence electrons. The number of rotatable bonds is 3. The zero-order valence-electron chi connectivity index (χ0n) is 7.77. The molecular formula is C9H10ClN3S. The van der Waals surface area contributed by atoms with Crippen molar-refractivity contribution >= 4 is 22.9 Å². The van der Waals surface area contributed by atoms with Crippen molar-refractivity contribution in [2.45, 2.75) is 19.9 Å². The van der Waals surface area contributed by atoms with Gasteiger partial charge in [0.1, 0.15) is 6.33 Å². The fourth-order valence-electron chi connectivity index (χ4n) is 1.29. The monoisotopic (exact) mass is 227 g/mol. The Labute approximate surface area is 91.4 Å². The van der Waals surface area contributed by atoms with Crippen molar-refractivity contribution in [1.29, 1.82) is 0 Å². The molecule has 0 aliphatic heterocycles. The van der Waals surface area contributed by atoms with Crippen LogP contribution in [-0.4, -0.2) is 14.8 Å². The summed E-state index contributed by atoms with van der Waals surface area (Å²) in [5.41, 5.74) is 0. The number of thiophene rings is 1. The fourth-order valence-corrected chi connectivity index (χ4v) is 2.43. The van der Waals surface area contributed by atoms with E-state index in [1.165, 1.54) is 0 Å². The highest BCUT2D eigenvalue weighted by molar-refractivity contribution is 7.14. The average molecular weight is 228 g/mol. The van der Waals surface area contributed by atoms with Crippen molar-refractivity contribution in [3.05, 3.63) is 22.8 Å². The summed E-state index contributed by atoms with van der Waals surface area (Å²) in [5, 5.41) is 10.7. The van der Waals surface area contributed by atoms with Crippen molar-refractivity contribution in [2.24, 2.45) is 0 Å². The summed E-state index contributed by atoms with van der Waals surface area (Å²) in [6.07, 6.45) is 2.81. The molecule has 3 nitrogen and oxygen atoms in total. The van der Waals surface area contributed by atoms with Gasteiger partial charge in [-0.3, -0.25) is 0 Å². The minimum absolute atomic E-state index is 0.750. The fraction of sp³-hybridized carbons (Fsp3) is 0.333. The van der Waals surface area contributed by atoms with Gasteiger partial charge in [0.05, 0.1) is 9.90 Å². The molecule has 2 aromatic heterocycles. The van der Waals surface area contributed by atoms with Gasteiger partial charge in [-0.1, -0.05) is 18.5 Å². The number of hydrogen-bond acceptors (Lipinski definition) is 3. The largest absolute Gasteiger partial charge is 0.313 e. The third kappa shape index (κ3) is 1.67. The van der Waals surface area contributed by atoms with Gasteiger partial charge in [0.25, 0.3) is 0 Å². The van der Waals surface area contributed by atoms with Crippen LogP contribution < -0.4 is 0 Å². The molecule has 0 N–H and O–H groups in total. The maximum Gasteiger partial charge on any atom is 0.175 e. The first-order valence-electron chi connectivity index (χ1n) is 4.44. The molecule has 0 saturated carbocycles. The van der Waals surface area contributed by atoms with Crippen molar-refractivity contribution in [1.82, 2.24) is 14.8 Å². The Kier molecular flexibility index (Phi) is 2.84. The highest BCUT2D eigenvalue weighted by atomic mass is 35.5. The summed E-state index contributed by atoms with van der Waals surface area (Å²) in [6.45, 7) is 3.05. The van der Waals surface area contributed by atoms with Crippen LogP contribution in [0.3, 0.4) is 0 Å². The molecule has 0 bridgehead atoms. The Balaban J connectivity index is 2.41. The number of halogens is 1. The Hall–Kier alpha value is -0.870. The highest BCUT2D eigenvalue weighted by Crippen LogP contribution is 2.31. The predicted octanol–water partition coefficient (Wildman–Crippen LogP) is 3.07. The molecule has 0 fully saturated rings. The Morgan fingerprint density at radius 1 is 1.57 bits per heavy atom. The van der Waals surface area contributed by atoms with E-state index in [1.54, 1.807) is 17.7 Å². The molecule has 0 saturated heterocycles. The van der Waals surface area contributed by atoms with Crippen molar-refractivity contribution in [2.75, 3.05) is 0 Å². The molecule has 0 spiro atoms. The number of aromatic nitrogens is 3. The SMILES string of the molecule is CCCn1cnnc1-c1sccc1Cl. The normalized spacial score (nSPS) is 10.7. The zero-order valence-corrected chi connectivity index (χ0v) is 9.35. The minimum Gasteiger partial charge on any atom is -0.313 e. The van der Waals surface area contributed by atoms with Gasteiger partial charge in [0, 0.05) is 6.54 Å². The van der Waals surface area contributed by atoms with Crippen molar-refractivity contribution < 1.29 is 0 Å². The van der Waals surface area contributed by atoms with Crippen LogP contribution in [0.5, 0.6) is 0 Å². The molecule has 2 rings (SSSR count). The van der Waals surface area contributed by atoms with Crippen LogP contribution in [0.1, 0.15) is 13.3 Å². The van der Waals surface area contributed by atoms with Gasteiger partial charge in [0.15, 0.2) is 5.82 Å². The number of nitrogens with zero attached hydrogens (tertiary/aromatic N) is 3. The molecule has 0 amide bonds. The average Bonchev–Trinajstić information content (AvgIpc) is 2.74. The molecule has 0 radical (unpaired) electrons. The maximum absolute atomic E-state index is 6.03. The Bertz CT molecular complexity index is 421. The second-order valence-corrected chi connectivity index (χ2v) is 4.27. The van der Waals surface area contributed by atoms with Crippen LogP contribution in [0, 0.1) is 0 Å². The summed E-state index contributed by atoms with van der Waals surface area (Å²) in [6, 6.07) is 1.88.